The first kappa shape index (κ1) is 25.0. The molecule has 2 aliphatic rings. The number of furan rings is 1. The lowest BCUT2D eigenvalue weighted by Crippen LogP contribution is -2.48. The molecule has 32 heavy (non-hydrogen) atoms. The summed E-state index contributed by atoms with van der Waals surface area (Å²) in [6.07, 6.45) is 6.13. The van der Waals surface area contributed by atoms with Gasteiger partial charge in [-0.1, -0.05) is 20.8 Å². The molecule has 0 saturated carbocycles. The monoisotopic (exact) mass is 464 g/mol. The van der Waals surface area contributed by atoms with E-state index in [1.807, 2.05) is 6.07 Å². The average Bonchev–Trinajstić information content (AvgIpc) is 3.38. The molecule has 8 heteroatoms. The van der Waals surface area contributed by atoms with Gasteiger partial charge >= 0.3 is 0 Å². The first-order chi connectivity index (χ1) is 15.0. The van der Waals surface area contributed by atoms with Crippen LogP contribution in [0.25, 0.3) is 0 Å². The van der Waals surface area contributed by atoms with Gasteiger partial charge in [-0.25, -0.2) is 0 Å². The number of nitrogens with zero attached hydrogens (tertiary/aromatic N) is 2. The van der Waals surface area contributed by atoms with Crippen molar-refractivity contribution < 1.29 is 18.5 Å². The molecule has 2 heterocycles. The number of methoxy groups -OCH3 is 1. The smallest absolute Gasteiger partial charge is 0.229 e. The molecule has 0 radical (unpaired) electrons. The van der Waals surface area contributed by atoms with Gasteiger partial charge in [0.1, 0.15) is 0 Å². The minimum Gasteiger partial charge on any atom is -0.472 e. The summed E-state index contributed by atoms with van der Waals surface area (Å²) in [6, 6.07) is 1.47. The van der Waals surface area contributed by atoms with Crippen LogP contribution in [-0.2, 0) is 9.16 Å². The number of nitro groups is 1. The summed E-state index contributed by atoms with van der Waals surface area (Å²) in [5.74, 6) is -0.508. The van der Waals surface area contributed by atoms with Crippen molar-refractivity contribution in [1.82, 2.24) is 4.90 Å². The Hall–Kier alpha value is -1.64. The van der Waals surface area contributed by atoms with Crippen molar-refractivity contribution in [2.75, 3.05) is 26.9 Å². The van der Waals surface area contributed by atoms with Crippen molar-refractivity contribution in [3.63, 3.8) is 0 Å². The summed E-state index contributed by atoms with van der Waals surface area (Å²) in [4.78, 5) is 14.8. The van der Waals surface area contributed by atoms with Crippen LogP contribution in [0.15, 0.2) is 34.3 Å². The zero-order valence-corrected chi connectivity index (χ0v) is 21.7. The lowest BCUT2D eigenvalue weighted by Gasteiger charge is -2.42. The normalized spacial score (nSPS) is 27.3. The van der Waals surface area contributed by atoms with Crippen LogP contribution < -0.4 is 0 Å². The van der Waals surface area contributed by atoms with E-state index < -0.39 is 14.4 Å². The molecule has 1 aromatic rings. The van der Waals surface area contributed by atoms with Crippen LogP contribution in [0.3, 0.4) is 0 Å². The third kappa shape index (κ3) is 4.97. The molecule has 0 amide bonds. The third-order valence-electron chi connectivity index (χ3n) is 7.98. The van der Waals surface area contributed by atoms with Gasteiger partial charge in [-0.2, -0.15) is 0 Å². The third-order valence-corrected chi connectivity index (χ3v) is 12.5. The van der Waals surface area contributed by atoms with Gasteiger partial charge in [0.2, 0.25) is 6.04 Å². The molecular formula is C24H40N2O5Si. The van der Waals surface area contributed by atoms with Crippen molar-refractivity contribution in [3.05, 3.63) is 45.5 Å². The highest BCUT2D eigenvalue weighted by atomic mass is 28.4. The molecule has 0 bridgehead atoms. The fourth-order valence-corrected chi connectivity index (χ4v) is 6.00. The van der Waals surface area contributed by atoms with Crippen LogP contribution in [0.5, 0.6) is 0 Å². The molecule has 1 aliphatic carbocycles. The number of rotatable bonds is 8. The molecule has 1 fully saturated rings. The van der Waals surface area contributed by atoms with Crippen molar-refractivity contribution in [2.24, 2.45) is 5.92 Å². The van der Waals surface area contributed by atoms with Crippen LogP contribution in [0.2, 0.25) is 18.1 Å². The Labute approximate surface area is 193 Å². The maximum Gasteiger partial charge on any atom is 0.229 e. The summed E-state index contributed by atoms with van der Waals surface area (Å²) in [6.45, 7) is 15.1. The second kappa shape index (κ2) is 9.69. The van der Waals surface area contributed by atoms with Gasteiger partial charge in [0.15, 0.2) is 8.32 Å². The minimum absolute atomic E-state index is 0.0503. The number of allylic oxidation sites excluding steroid dienone is 1. The van der Waals surface area contributed by atoms with E-state index in [0.717, 1.165) is 30.5 Å². The lowest BCUT2D eigenvalue weighted by molar-refractivity contribution is -0.536. The van der Waals surface area contributed by atoms with E-state index in [1.165, 1.54) is 5.70 Å². The highest BCUT2D eigenvalue weighted by Crippen LogP contribution is 2.45. The van der Waals surface area contributed by atoms with Crippen molar-refractivity contribution >= 4 is 8.32 Å². The van der Waals surface area contributed by atoms with Gasteiger partial charge in [0.05, 0.1) is 37.0 Å². The van der Waals surface area contributed by atoms with Crippen LogP contribution in [0.1, 0.15) is 58.4 Å². The van der Waals surface area contributed by atoms with E-state index >= 15 is 0 Å². The summed E-state index contributed by atoms with van der Waals surface area (Å²) in [5.41, 5.74) is 3.24. The topological polar surface area (TPSA) is 78.0 Å². The van der Waals surface area contributed by atoms with Gasteiger partial charge in [-0.15, -0.1) is 0 Å². The zero-order valence-electron chi connectivity index (χ0n) is 20.7. The summed E-state index contributed by atoms with van der Waals surface area (Å²) in [5, 5.41) is 12.5. The molecular weight excluding hydrogens is 424 g/mol. The predicted molar refractivity (Wildman–Crippen MR) is 128 cm³/mol. The van der Waals surface area contributed by atoms with Crippen LogP contribution in [-0.4, -0.2) is 57.1 Å². The maximum absolute atomic E-state index is 12.4. The van der Waals surface area contributed by atoms with E-state index in [9.17, 15) is 10.1 Å². The first-order valence-corrected chi connectivity index (χ1v) is 14.6. The van der Waals surface area contributed by atoms with Gasteiger partial charge in [0, 0.05) is 42.9 Å². The van der Waals surface area contributed by atoms with E-state index in [2.05, 4.69) is 45.7 Å². The Balaban J connectivity index is 2.01. The second-order valence-corrected chi connectivity index (χ2v) is 15.7. The van der Waals surface area contributed by atoms with E-state index in [0.29, 0.717) is 25.7 Å². The zero-order chi connectivity index (χ0) is 23.7. The molecule has 3 rings (SSSR count). The quantitative estimate of drug-likeness (QED) is 0.290. The van der Waals surface area contributed by atoms with Gasteiger partial charge in [-0.05, 0) is 49.5 Å². The van der Waals surface area contributed by atoms with Crippen molar-refractivity contribution in [1.29, 1.82) is 0 Å². The molecule has 4 atom stereocenters. The average molecular weight is 465 g/mol. The van der Waals surface area contributed by atoms with E-state index in [-0.39, 0.29) is 21.8 Å². The summed E-state index contributed by atoms with van der Waals surface area (Å²) >= 11 is 0. The van der Waals surface area contributed by atoms with Crippen molar-refractivity contribution in [3.8, 4) is 0 Å². The number of ether oxygens (including phenoxy) is 1. The molecule has 7 nitrogen and oxygen atoms in total. The van der Waals surface area contributed by atoms with Gasteiger partial charge in [0.25, 0.3) is 0 Å². The first-order valence-electron chi connectivity index (χ1n) is 11.7. The van der Waals surface area contributed by atoms with Gasteiger partial charge in [-0.3, -0.25) is 10.1 Å². The molecule has 0 unspecified atom stereocenters. The predicted octanol–water partition coefficient (Wildman–Crippen LogP) is 5.44. The van der Waals surface area contributed by atoms with E-state index in [4.69, 9.17) is 13.6 Å². The molecule has 1 aromatic heterocycles. The molecule has 1 saturated heterocycles. The largest absolute Gasteiger partial charge is 0.472 e. The Kier molecular flexibility index (Phi) is 7.57. The molecule has 180 valence electrons. The van der Waals surface area contributed by atoms with Crippen LogP contribution >= 0.6 is 0 Å². The number of hydrogen-bond donors (Lipinski definition) is 0. The minimum atomic E-state index is -2.05. The molecule has 1 aliphatic heterocycles. The molecule has 0 spiro atoms. The Morgan fingerprint density at radius 3 is 2.59 bits per heavy atom. The van der Waals surface area contributed by atoms with E-state index in [1.54, 1.807) is 19.6 Å². The SMILES string of the molecule is COC[C@@H]1CCCN1C1=C(C)[C@H](CO[Si](C)(C)C(C)(C)C)[C@H]([N+](=O)[O-])[C@@H](c2ccoc2)C1. The van der Waals surface area contributed by atoms with Crippen molar-refractivity contribution in [2.45, 2.75) is 83.1 Å². The standard InChI is InChI=1S/C24H40N2O5Si/c1-17-21(16-31-32(6,7)24(2,3)4)23(26(27)28)20(18-10-12-30-14-18)13-22(17)25-11-8-9-19(25)15-29-5/h10,12,14,19-21,23H,8-9,11,13,15-16H2,1-7H3/t19-,20+,21-,23+/m0/s1. The second-order valence-electron chi connectivity index (χ2n) is 10.9. The highest BCUT2D eigenvalue weighted by Gasteiger charge is 2.49. The molecule has 0 aromatic carbocycles. The molecule has 0 N–H and O–H groups in total. The Morgan fingerprint density at radius 1 is 1.31 bits per heavy atom. The maximum atomic E-state index is 12.4. The van der Waals surface area contributed by atoms with Crippen LogP contribution in [0.4, 0.5) is 0 Å². The fourth-order valence-electron chi connectivity index (χ4n) is 4.97. The van der Waals surface area contributed by atoms with Gasteiger partial charge < -0.3 is 18.5 Å². The Bertz CT molecular complexity index is 815. The summed E-state index contributed by atoms with van der Waals surface area (Å²) in [7, 11) is -0.306. The number of likely N-dealkylation sites (tertiary alicyclic amines) is 1. The highest BCUT2D eigenvalue weighted by molar-refractivity contribution is 6.74. The summed E-state index contributed by atoms with van der Waals surface area (Å²) < 4.78 is 17.4. The fraction of sp³-hybridized carbons (Fsp3) is 0.750. The lowest BCUT2D eigenvalue weighted by atomic mass is 9.73. The van der Waals surface area contributed by atoms with Crippen LogP contribution in [0, 0.1) is 16.0 Å². The number of hydrogen-bond acceptors (Lipinski definition) is 6. The Morgan fingerprint density at radius 2 is 2.03 bits per heavy atom.